The Morgan fingerprint density at radius 3 is 2.31 bits per heavy atom. The third-order valence-electron chi connectivity index (χ3n) is 5.86. The molecule has 184 valence electrons. The molecule has 1 aliphatic rings. The molecule has 2 aromatic carbocycles. The second kappa shape index (κ2) is 13.4. The third-order valence-corrected chi connectivity index (χ3v) is 5.86. The molecule has 0 spiro atoms. The molecular formula is C29H34N2O4. The summed E-state index contributed by atoms with van der Waals surface area (Å²) in [7, 11) is 0. The molecule has 0 amide bonds. The predicted octanol–water partition coefficient (Wildman–Crippen LogP) is 6.72. The molecule has 0 saturated heterocycles. The Morgan fingerprint density at radius 1 is 0.857 bits per heavy atom. The molecule has 4 rings (SSSR count). The summed E-state index contributed by atoms with van der Waals surface area (Å²) in [6.45, 7) is 3.16. The standard InChI is InChI=1S/C29H34N2O4/c1-2-3-4-5-6-10-17-33-26-19-30-29(31-20-26)24-13-15-25(16-14-24)35-27(28-21-32-22-34-28)18-23-11-8-7-9-12-23/h7-9,11-16,19-21,27H,2-6,10,17-18,22H2,1H3. The van der Waals surface area contributed by atoms with Gasteiger partial charge in [0, 0.05) is 12.0 Å². The highest BCUT2D eigenvalue weighted by Gasteiger charge is 2.22. The van der Waals surface area contributed by atoms with E-state index in [2.05, 4.69) is 29.0 Å². The van der Waals surface area contributed by atoms with Crippen LogP contribution in [0.1, 0.15) is 51.0 Å². The van der Waals surface area contributed by atoms with Gasteiger partial charge in [-0.2, -0.15) is 0 Å². The van der Waals surface area contributed by atoms with Crippen molar-refractivity contribution in [3.63, 3.8) is 0 Å². The number of aromatic nitrogens is 2. The molecule has 1 unspecified atom stereocenters. The summed E-state index contributed by atoms with van der Waals surface area (Å²) in [5.74, 6) is 2.79. The van der Waals surface area contributed by atoms with Crippen LogP contribution < -0.4 is 9.47 Å². The van der Waals surface area contributed by atoms with E-state index in [1.807, 2.05) is 42.5 Å². The highest BCUT2D eigenvalue weighted by atomic mass is 16.7. The lowest BCUT2D eigenvalue weighted by atomic mass is 10.1. The van der Waals surface area contributed by atoms with Gasteiger partial charge in [0.1, 0.15) is 12.0 Å². The van der Waals surface area contributed by atoms with E-state index in [0.717, 1.165) is 23.3 Å². The first kappa shape index (κ1) is 24.6. The van der Waals surface area contributed by atoms with Crippen molar-refractivity contribution in [2.45, 2.75) is 58.0 Å². The van der Waals surface area contributed by atoms with Crippen molar-refractivity contribution in [1.82, 2.24) is 9.97 Å². The molecule has 2 heterocycles. The van der Waals surface area contributed by atoms with Gasteiger partial charge in [-0.15, -0.1) is 0 Å². The van der Waals surface area contributed by atoms with Gasteiger partial charge in [0.25, 0.3) is 0 Å². The molecule has 6 nitrogen and oxygen atoms in total. The van der Waals surface area contributed by atoms with Crippen molar-refractivity contribution >= 4 is 0 Å². The summed E-state index contributed by atoms with van der Waals surface area (Å²) in [5.41, 5.74) is 2.08. The van der Waals surface area contributed by atoms with Gasteiger partial charge in [-0.3, -0.25) is 0 Å². The molecule has 0 saturated carbocycles. The van der Waals surface area contributed by atoms with E-state index in [0.29, 0.717) is 30.4 Å². The number of hydrogen-bond acceptors (Lipinski definition) is 6. The molecule has 35 heavy (non-hydrogen) atoms. The number of benzene rings is 2. The lowest BCUT2D eigenvalue weighted by Crippen LogP contribution is -2.22. The summed E-state index contributed by atoms with van der Waals surface area (Å²) in [4.78, 5) is 8.95. The van der Waals surface area contributed by atoms with Crippen LogP contribution in [0, 0.1) is 0 Å². The first-order valence-electron chi connectivity index (χ1n) is 12.5. The van der Waals surface area contributed by atoms with Gasteiger partial charge in [0.15, 0.2) is 23.4 Å². The minimum Gasteiger partial charge on any atom is -0.490 e. The van der Waals surface area contributed by atoms with Crippen molar-refractivity contribution in [3.05, 3.63) is 84.6 Å². The fraction of sp³-hybridized carbons (Fsp3) is 0.379. The molecule has 0 radical (unpaired) electrons. The second-order valence-electron chi connectivity index (χ2n) is 8.63. The highest BCUT2D eigenvalue weighted by Crippen LogP contribution is 2.25. The first-order valence-corrected chi connectivity index (χ1v) is 12.5. The van der Waals surface area contributed by atoms with E-state index < -0.39 is 0 Å². The monoisotopic (exact) mass is 474 g/mol. The zero-order chi connectivity index (χ0) is 24.1. The quantitative estimate of drug-likeness (QED) is 0.242. The summed E-state index contributed by atoms with van der Waals surface area (Å²) in [6.07, 6.45) is 13.0. The summed E-state index contributed by atoms with van der Waals surface area (Å²) in [6, 6.07) is 18.0. The van der Waals surface area contributed by atoms with Crippen LogP contribution in [-0.2, 0) is 15.9 Å². The smallest absolute Gasteiger partial charge is 0.230 e. The number of hydrogen-bond donors (Lipinski definition) is 0. The Morgan fingerprint density at radius 2 is 1.60 bits per heavy atom. The molecule has 3 aromatic rings. The number of rotatable bonds is 14. The van der Waals surface area contributed by atoms with Crippen molar-refractivity contribution in [2.75, 3.05) is 13.4 Å². The third kappa shape index (κ3) is 7.74. The number of nitrogens with zero attached hydrogens (tertiary/aromatic N) is 2. The molecule has 0 N–H and O–H groups in total. The van der Waals surface area contributed by atoms with E-state index >= 15 is 0 Å². The summed E-state index contributed by atoms with van der Waals surface area (Å²) in [5, 5.41) is 0. The van der Waals surface area contributed by atoms with E-state index in [9.17, 15) is 0 Å². The average Bonchev–Trinajstić information content (AvgIpc) is 3.45. The molecule has 1 atom stereocenters. The Hall–Kier alpha value is -3.54. The number of unbranched alkanes of at least 4 members (excludes halogenated alkanes) is 5. The minimum atomic E-state index is -0.273. The number of ether oxygens (including phenoxy) is 4. The van der Waals surface area contributed by atoms with Gasteiger partial charge < -0.3 is 18.9 Å². The van der Waals surface area contributed by atoms with Crippen LogP contribution in [0.4, 0.5) is 0 Å². The molecule has 0 aliphatic carbocycles. The maximum absolute atomic E-state index is 6.26. The van der Waals surface area contributed by atoms with Gasteiger partial charge in [0.05, 0.1) is 19.0 Å². The van der Waals surface area contributed by atoms with E-state index in [1.54, 1.807) is 18.7 Å². The maximum atomic E-state index is 6.26. The zero-order valence-corrected chi connectivity index (χ0v) is 20.4. The first-order chi connectivity index (χ1) is 17.3. The van der Waals surface area contributed by atoms with Gasteiger partial charge >= 0.3 is 0 Å². The van der Waals surface area contributed by atoms with Crippen LogP contribution in [0.5, 0.6) is 11.5 Å². The summed E-state index contributed by atoms with van der Waals surface area (Å²) >= 11 is 0. The maximum Gasteiger partial charge on any atom is 0.230 e. The Kier molecular flexibility index (Phi) is 9.39. The minimum absolute atomic E-state index is 0.221. The van der Waals surface area contributed by atoms with E-state index in [-0.39, 0.29) is 12.9 Å². The van der Waals surface area contributed by atoms with Crippen LogP contribution in [0.2, 0.25) is 0 Å². The molecule has 6 heteroatoms. The lowest BCUT2D eigenvalue weighted by molar-refractivity contribution is 0.0557. The molecule has 0 bridgehead atoms. The fourth-order valence-electron chi connectivity index (χ4n) is 3.91. The predicted molar refractivity (Wildman–Crippen MR) is 136 cm³/mol. The van der Waals surface area contributed by atoms with Crippen molar-refractivity contribution in [2.24, 2.45) is 0 Å². The SMILES string of the molecule is CCCCCCCCOc1cnc(-c2ccc(OC(Cc3ccccc3)C3=COCO3)cc2)nc1. The summed E-state index contributed by atoms with van der Waals surface area (Å²) < 4.78 is 22.9. The van der Waals surface area contributed by atoms with Crippen LogP contribution in [-0.4, -0.2) is 29.5 Å². The van der Waals surface area contributed by atoms with Gasteiger partial charge in [0.2, 0.25) is 6.79 Å². The zero-order valence-electron chi connectivity index (χ0n) is 20.4. The highest BCUT2D eigenvalue weighted by molar-refractivity contribution is 5.56. The molecule has 1 aromatic heterocycles. The van der Waals surface area contributed by atoms with Crippen molar-refractivity contribution in [3.8, 4) is 22.9 Å². The van der Waals surface area contributed by atoms with Crippen LogP contribution in [0.3, 0.4) is 0 Å². The Balaban J connectivity index is 1.30. The largest absolute Gasteiger partial charge is 0.490 e. The van der Waals surface area contributed by atoms with Crippen LogP contribution >= 0.6 is 0 Å². The second-order valence-corrected chi connectivity index (χ2v) is 8.63. The van der Waals surface area contributed by atoms with Crippen LogP contribution in [0.15, 0.2) is 79.0 Å². The normalized spacial score (nSPS) is 13.5. The van der Waals surface area contributed by atoms with Gasteiger partial charge in [-0.25, -0.2) is 9.97 Å². The fourth-order valence-corrected chi connectivity index (χ4v) is 3.91. The molecule has 1 aliphatic heterocycles. The van der Waals surface area contributed by atoms with E-state index in [1.165, 1.54) is 32.1 Å². The Bertz CT molecular complexity index is 1040. The van der Waals surface area contributed by atoms with Gasteiger partial charge in [-0.05, 0) is 36.2 Å². The lowest BCUT2D eigenvalue weighted by Gasteiger charge is -2.19. The van der Waals surface area contributed by atoms with Crippen molar-refractivity contribution in [1.29, 1.82) is 0 Å². The topological polar surface area (TPSA) is 62.7 Å². The van der Waals surface area contributed by atoms with Crippen LogP contribution in [0.25, 0.3) is 11.4 Å². The van der Waals surface area contributed by atoms with Gasteiger partial charge in [-0.1, -0.05) is 69.4 Å². The molecule has 0 fully saturated rings. The molecular weight excluding hydrogens is 440 g/mol. The Labute approximate surface area is 207 Å². The van der Waals surface area contributed by atoms with E-state index in [4.69, 9.17) is 18.9 Å². The average molecular weight is 475 g/mol. The van der Waals surface area contributed by atoms with Crippen molar-refractivity contribution < 1.29 is 18.9 Å².